The van der Waals surface area contributed by atoms with Gasteiger partial charge in [-0.2, -0.15) is 0 Å². The Morgan fingerprint density at radius 2 is 2.08 bits per heavy atom. The summed E-state index contributed by atoms with van der Waals surface area (Å²) in [6.45, 7) is 7.51. The Balaban J connectivity index is 1.43. The highest BCUT2D eigenvalue weighted by Gasteiger charge is 2.24. The predicted octanol–water partition coefficient (Wildman–Crippen LogP) is 1.33. The van der Waals surface area contributed by atoms with E-state index in [1.807, 2.05) is 4.90 Å². The molecule has 0 bridgehead atoms. The molecule has 2 atom stereocenters. The summed E-state index contributed by atoms with van der Waals surface area (Å²) in [7, 11) is 0. The summed E-state index contributed by atoms with van der Waals surface area (Å²) in [5.74, 6) is 0. The normalized spacial score (nSPS) is 25.0. The van der Waals surface area contributed by atoms with Crippen LogP contribution in [0.3, 0.4) is 0 Å². The minimum absolute atomic E-state index is 0.0191. The first kappa shape index (κ1) is 18.2. The van der Waals surface area contributed by atoms with Gasteiger partial charge in [-0.15, -0.1) is 0 Å². The van der Waals surface area contributed by atoms with E-state index in [1.54, 1.807) is 0 Å². The van der Waals surface area contributed by atoms with Gasteiger partial charge in [0.05, 0.1) is 12.7 Å². The van der Waals surface area contributed by atoms with Gasteiger partial charge in [0.1, 0.15) is 0 Å². The number of hydrogen-bond acceptors (Lipinski definition) is 4. The van der Waals surface area contributed by atoms with Crippen molar-refractivity contribution in [1.29, 1.82) is 0 Å². The molecular formula is C19H30N4O2. The molecule has 3 N–H and O–H groups in total. The van der Waals surface area contributed by atoms with Crippen LogP contribution < -0.4 is 11.1 Å². The van der Waals surface area contributed by atoms with Crippen LogP contribution in [0, 0.1) is 6.92 Å². The lowest BCUT2D eigenvalue weighted by molar-refractivity contribution is -0.0291. The maximum Gasteiger partial charge on any atom is 0.317 e. The Hall–Kier alpha value is -1.63. The molecule has 3 rings (SSSR count). The lowest BCUT2D eigenvalue weighted by atomic mass is 10.1. The number of nitrogens with two attached hydrogens (primary N) is 1. The lowest BCUT2D eigenvalue weighted by Gasteiger charge is -2.34. The molecule has 2 amide bonds. The lowest BCUT2D eigenvalue weighted by Crippen LogP contribution is -2.52. The summed E-state index contributed by atoms with van der Waals surface area (Å²) < 4.78 is 5.82. The van der Waals surface area contributed by atoms with Crippen LogP contribution in [0.15, 0.2) is 24.3 Å². The van der Waals surface area contributed by atoms with Gasteiger partial charge in [-0.3, -0.25) is 4.90 Å². The van der Waals surface area contributed by atoms with E-state index in [1.165, 1.54) is 11.1 Å². The van der Waals surface area contributed by atoms with Gasteiger partial charge in [0.2, 0.25) is 0 Å². The van der Waals surface area contributed by atoms with Crippen LogP contribution in [0.2, 0.25) is 0 Å². The van der Waals surface area contributed by atoms with E-state index in [-0.39, 0.29) is 18.2 Å². The van der Waals surface area contributed by atoms with E-state index in [9.17, 15) is 4.79 Å². The molecule has 0 spiro atoms. The van der Waals surface area contributed by atoms with Crippen LogP contribution in [-0.4, -0.2) is 67.3 Å². The maximum atomic E-state index is 12.3. The molecule has 2 aliphatic rings. The first-order valence-corrected chi connectivity index (χ1v) is 9.28. The number of aryl methyl sites for hydroxylation is 1. The Kier molecular flexibility index (Phi) is 6.29. The summed E-state index contributed by atoms with van der Waals surface area (Å²) in [6, 6.07) is 8.75. The topological polar surface area (TPSA) is 70.8 Å². The zero-order valence-corrected chi connectivity index (χ0v) is 15.1. The number of urea groups is 1. The Labute approximate surface area is 150 Å². The molecule has 2 aliphatic heterocycles. The number of benzene rings is 1. The summed E-state index contributed by atoms with van der Waals surface area (Å²) in [6.07, 6.45) is 2.03. The average molecular weight is 346 g/mol. The van der Waals surface area contributed by atoms with Crippen molar-refractivity contribution in [1.82, 2.24) is 15.1 Å². The number of amides is 2. The third-order valence-corrected chi connectivity index (χ3v) is 4.98. The van der Waals surface area contributed by atoms with Crippen LogP contribution in [0.5, 0.6) is 0 Å². The molecule has 0 radical (unpaired) electrons. The molecule has 1 unspecified atom stereocenters. The van der Waals surface area contributed by atoms with Gasteiger partial charge in [-0.1, -0.05) is 29.8 Å². The molecule has 1 aromatic carbocycles. The van der Waals surface area contributed by atoms with Crippen molar-refractivity contribution in [3.8, 4) is 0 Å². The molecule has 2 fully saturated rings. The second kappa shape index (κ2) is 8.65. The van der Waals surface area contributed by atoms with Gasteiger partial charge in [0.25, 0.3) is 0 Å². The number of rotatable bonds is 4. The van der Waals surface area contributed by atoms with Crippen LogP contribution >= 0.6 is 0 Å². The standard InChI is InChI=1S/C19H30N4O2/c1-15-4-6-16(7-5-15)12-22-9-10-25-18(14-22)11-21-19(24)23-8-2-3-17(20)13-23/h4-7,17-18H,2-3,8-14,20H2,1H3,(H,21,24)/t17-,18?/m1/s1. The fourth-order valence-electron chi connectivity index (χ4n) is 3.51. The molecule has 0 saturated carbocycles. The van der Waals surface area contributed by atoms with Crippen molar-refractivity contribution in [2.24, 2.45) is 5.73 Å². The SMILES string of the molecule is Cc1ccc(CN2CCOC(CNC(=O)N3CCC[C@@H](N)C3)C2)cc1. The molecule has 25 heavy (non-hydrogen) atoms. The zero-order valence-electron chi connectivity index (χ0n) is 15.1. The number of morpholine rings is 1. The van der Waals surface area contributed by atoms with E-state index < -0.39 is 0 Å². The number of nitrogens with one attached hydrogen (secondary N) is 1. The summed E-state index contributed by atoms with van der Waals surface area (Å²) in [4.78, 5) is 16.5. The average Bonchev–Trinajstić information content (AvgIpc) is 2.62. The molecular weight excluding hydrogens is 316 g/mol. The number of carbonyl (C=O) groups excluding carboxylic acids is 1. The van der Waals surface area contributed by atoms with Crippen LogP contribution in [0.4, 0.5) is 4.79 Å². The zero-order chi connectivity index (χ0) is 17.6. The molecule has 0 aromatic heterocycles. The molecule has 6 heteroatoms. The number of nitrogens with zero attached hydrogens (tertiary/aromatic N) is 2. The number of ether oxygens (including phenoxy) is 1. The largest absolute Gasteiger partial charge is 0.374 e. The van der Waals surface area contributed by atoms with Crippen LogP contribution in [-0.2, 0) is 11.3 Å². The highest BCUT2D eigenvalue weighted by molar-refractivity contribution is 5.74. The van der Waals surface area contributed by atoms with Crippen molar-refractivity contribution >= 4 is 6.03 Å². The van der Waals surface area contributed by atoms with Crippen molar-refractivity contribution < 1.29 is 9.53 Å². The Bertz CT molecular complexity index is 563. The van der Waals surface area contributed by atoms with E-state index in [4.69, 9.17) is 10.5 Å². The fraction of sp³-hybridized carbons (Fsp3) is 0.632. The van der Waals surface area contributed by atoms with E-state index in [2.05, 4.69) is 41.4 Å². The molecule has 2 heterocycles. The number of hydrogen-bond donors (Lipinski definition) is 2. The predicted molar refractivity (Wildman–Crippen MR) is 98.4 cm³/mol. The van der Waals surface area contributed by atoms with E-state index >= 15 is 0 Å². The first-order chi connectivity index (χ1) is 12.1. The van der Waals surface area contributed by atoms with Crippen molar-refractivity contribution in [2.75, 3.05) is 39.3 Å². The fourth-order valence-corrected chi connectivity index (χ4v) is 3.51. The van der Waals surface area contributed by atoms with Gasteiger partial charge in [-0.05, 0) is 25.3 Å². The van der Waals surface area contributed by atoms with Gasteiger partial charge in [0.15, 0.2) is 0 Å². The molecule has 2 saturated heterocycles. The van der Waals surface area contributed by atoms with Gasteiger partial charge in [0, 0.05) is 45.3 Å². The molecule has 138 valence electrons. The third-order valence-electron chi connectivity index (χ3n) is 4.98. The minimum Gasteiger partial charge on any atom is -0.374 e. The monoisotopic (exact) mass is 346 g/mol. The quantitative estimate of drug-likeness (QED) is 0.863. The Morgan fingerprint density at radius 3 is 2.84 bits per heavy atom. The third kappa shape index (κ3) is 5.42. The summed E-state index contributed by atoms with van der Waals surface area (Å²) in [5, 5.41) is 3.01. The van der Waals surface area contributed by atoms with Gasteiger partial charge >= 0.3 is 6.03 Å². The molecule has 1 aromatic rings. The summed E-state index contributed by atoms with van der Waals surface area (Å²) in [5.41, 5.74) is 8.55. The highest BCUT2D eigenvalue weighted by atomic mass is 16.5. The Morgan fingerprint density at radius 1 is 1.28 bits per heavy atom. The smallest absolute Gasteiger partial charge is 0.317 e. The maximum absolute atomic E-state index is 12.3. The second-order valence-corrected chi connectivity index (χ2v) is 7.25. The molecule has 0 aliphatic carbocycles. The van der Waals surface area contributed by atoms with Crippen molar-refractivity contribution in [2.45, 2.75) is 38.5 Å². The van der Waals surface area contributed by atoms with Crippen molar-refractivity contribution in [3.05, 3.63) is 35.4 Å². The van der Waals surface area contributed by atoms with E-state index in [0.29, 0.717) is 19.7 Å². The van der Waals surface area contributed by atoms with E-state index in [0.717, 1.165) is 39.0 Å². The highest BCUT2D eigenvalue weighted by Crippen LogP contribution is 2.12. The summed E-state index contributed by atoms with van der Waals surface area (Å²) >= 11 is 0. The minimum atomic E-state index is -0.0191. The molecule has 6 nitrogen and oxygen atoms in total. The first-order valence-electron chi connectivity index (χ1n) is 9.28. The second-order valence-electron chi connectivity index (χ2n) is 7.25. The van der Waals surface area contributed by atoms with Gasteiger partial charge in [-0.25, -0.2) is 4.79 Å². The number of piperidine rings is 1. The van der Waals surface area contributed by atoms with Crippen LogP contribution in [0.25, 0.3) is 0 Å². The van der Waals surface area contributed by atoms with Gasteiger partial charge < -0.3 is 20.7 Å². The van der Waals surface area contributed by atoms with Crippen molar-refractivity contribution in [3.63, 3.8) is 0 Å². The number of likely N-dealkylation sites (tertiary alicyclic amines) is 1. The number of carbonyl (C=O) groups is 1. The van der Waals surface area contributed by atoms with Crippen LogP contribution in [0.1, 0.15) is 24.0 Å².